The lowest BCUT2D eigenvalue weighted by molar-refractivity contribution is -0.139. The number of methoxy groups -OCH3 is 1. The lowest BCUT2D eigenvalue weighted by Gasteiger charge is -2.04. The lowest BCUT2D eigenvalue weighted by Crippen LogP contribution is -2.05. The van der Waals surface area contributed by atoms with Crippen LogP contribution in [0.15, 0.2) is 29.6 Å². The second-order valence-corrected chi connectivity index (χ2v) is 5.11. The molecule has 0 radical (unpaired) electrons. The highest BCUT2D eigenvalue weighted by Crippen LogP contribution is 2.20. The van der Waals surface area contributed by atoms with Gasteiger partial charge >= 0.3 is 5.97 Å². The van der Waals surface area contributed by atoms with Gasteiger partial charge in [-0.1, -0.05) is 29.8 Å². The molecule has 0 saturated carbocycles. The molecule has 0 saturated heterocycles. The van der Waals surface area contributed by atoms with Crippen LogP contribution >= 0.6 is 22.9 Å². The van der Waals surface area contributed by atoms with Gasteiger partial charge in [-0.2, -0.15) is 0 Å². The van der Waals surface area contributed by atoms with Gasteiger partial charge in [0.2, 0.25) is 0 Å². The number of aromatic nitrogens is 1. The van der Waals surface area contributed by atoms with Gasteiger partial charge in [0, 0.05) is 16.9 Å². The van der Waals surface area contributed by atoms with E-state index < -0.39 is 0 Å². The third-order valence-electron chi connectivity index (χ3n) is 2.49. The fourth-order valence-electron chi connectivity index (χ4n) is 1.50. The molecule has 1 heterocycles. The van der Waals surface area contributed by atoms with E-state index >= 15 is 0 Å². The lowest BCUT2D eigenvalue weighted by atomic mass is 10.2. The highest BCUT2D eigenvalue weighted by Gasteiger charge is 2.07. The Hall–Kier alpha value is -1.59. The van der Waals surface area contributed by atoms with Crippen LogP contribution in [0.1, 0.15) is 11.3 Å². The molecule has 6 heteroatoms. The first kappa shape index (κ1) is 13.8. The van der Waals surface area contributed by atoms with Gasteiger partial charge in [-0.3, -0.25) is 4.79 Å². The minimum absolute atomic E-state index is 0.195. The van der Waals surface area contributed by atoms with E-state index in [2.05, 4.69) is 15.0 Å². The maximum absolute atomic E-state index is 11.1. The largest absolute Gasteiger partial charge is 0.469 e. The Morgan fingerprint density at radius 2 is 2.26 bits per heavy atom. The van der Waals surface area contributed by atoms with Crippen molar-refractivity contribution < 1.29 is 9.53 Å². The van der Waals surface area contributed by atoms with Gasteiger partial charge < -0.3 is 10.1 Å². The molecule has 2 rings (SSSR count). The summed E-state index contributed by atoms with van der Waals surface area (Å²) in [4.78, 5) is 15.4. The minimum Gasteiger partial charge on any atom is -0.469 e. The Morgan fingerprint density at radius 1 is 1.47 bits per heavy atom. The zero-order valence-electron chi connectivity index (χ0n) is 10.4. The molecular formula is C13H13ClN2O2S. The van der Waals surface area contributed by atoms with Gasteiger partial charge in [0.1, 0.15) is 0 Å². The van der Waals surface area contributed by atoms with E-state index in [9.17, 15) is 4.79 Å². The van der Waals surface area contributed by atoms with Crippen molar-refractivity contribution in [2.75, 3.05) is 12.4 Å². The summed E-state index contributed by atoms with van der Waals surface area (Å²) in [6.45, 7) is 0.602. The summed E-state index contributed by atoms with van der Waals surface area (Å²) in [5.74, 6) is -0.289. The first-order valence-electron chi connectivity index (χ1n) is 5.67. The number of carbonyl (C=O) groups excluding carboxylic acids is 1. The first-order valence-corrected chi connectivity index (χ1v) is 6.93. The average molecular weight is 297 g/mol. The summed E-state index contributed by atoms with van der Waals surface area (Å²) >= 11 is 7.52. The van der Waals surface area contributed by atoms with Crippen LogP contribution in [0.3, 0.4) is 0 Å². The van der Waals surface area contributed by atoms with Gasteiger partial charge in [0.25, 0.3) is 0 Å². The number of halogens is 1. The number of hydrogen-bond acceptors (Lipinski definition) is 5. The molecule has 0 aliphatic heterocycles. The van der Waals surface area contributed by atoms with E-state index in [-0.39, 0.29) is 12.4 Å². The first-order chi connectivity index (χ1) is 9.19. The Labute approximate surface area is 120 Å². The van der Waals surface area contributed by atoms with Crippen LogP contribution in [0, 0.1) is 0 Å². The van der Waals surface area contributed by atoms with Crippen LogP contribution in [0.4, 0.5) is 5.13 Å². The average Bonchev–Trinajstić information content (AvgIpc) is 2.85. The molecule has 0 bridgehead atoms. The van der Waals surface area contributed by atoms with Crippen molar-refractivity contribution in [2.24, 2.45) is 0 Å². The maximum atomic E-state index is 11.1. The van der Waals surface area contributed by atoms with E-state index in [0.717, 1.165) is 15.7 Å². The Bertz CT molecular complexity index is 571. The molecule has 100 valence electrons. The van der Waals surface area contributed by atoms with Gasteiger partial charge in [0.05, 0.1) is 19.2 Å². The van der Waals surface area contributed by atoms with Crippen molar-refractivity contribution in [3.63, 3.8) is 0 Å². The molecule has 1 N–H and O–H groups in total. The number of esters is 1. The number of nitrogens with one attached hydrogen (secondary N) is 1. The molecule has 0 spiro atoms. The topological polar surface area (TPSA) is 51.2 Å². The predicted molar refractivity (Wildman–Crippen MR) is 76.6 cm³/mol. The van der Waals surface area contributed by atoms with Crippen LogP contribution < -0.4 is 5.32 Å². The third kappa shape index (κ3) is 3.94. The monoisotopic (exact) mass is 296 g/mol. The fourth-order valence-corrected chi connectivity index (χ4v) is 2.41. The smallest absolute Gasteiger partial charge is 0.311 e. The van der Waals surface area contributed by atoms with Crippen molar-refractivity contribution >= 4 is 34.0 Å². The van der Waals surface area contributed by atoms with Gasteiger partial charge in [-0.05, 0) is 11.6 Å². The number of nitrogens with zero attached hydrogens (tertiary/aromatic N) is 1. The summed E-state index contributed by atoms with van der Waals surface area (Å²) in [6, 6.07) is 7.64. The molecule has 19 heavy (non-hydrogen) atoms. The standard InChI is InChI=1S/C13H13ClN2O2S/c1-18-12(17)6-10-8-19-13(16-10)15-7-9-4-2-3-5-11(9)14/h2-5,8H,6-7H2,1H3,(H,15,16). The number of carbonyl (C=O) groups is 1. The molecule has 1 aromatic heterocycles. The molecule has 0 aliphatic carbocycles. The predicted octanol–water partition coefficient (Wildman–Crippen LogP) is 3.12. The van der Waals surface area contributed by atoms with Crippen LogP contribution in [-0.2, 0) is 22.5 Å². The van der Waals surface area contributed by atoms with E-state index in [4.69, 9.17) is 11.6 Å². The molecule has 0 amide bonds. The second kappa shape index (κ2) is 6.54. The fraction of sp³-hybridized carbons (Fsp3) is 0.231. The highest BCUT2D eigenvalue weighted by atomic mass is 35.5. The molecule has 2 aromatic rings. The molecular weight excluding hydrogens is 284 g/mol. The van der Waals surface area contributed by atoms with Crippen molar-refractivity contribution in [3.8, 4) is 0 Å². The zero-order chi connectivity index (χ0) is 13.7. The molecule has 0 atom stereocenters. The molecule has 0 fully saturated rings. The van der Waals surface area contributed by atoms with Crippen LogP contribution in [0.2, 0.25) is 5.02 Å². The number of rotatable bonds is 5. The van der Waals surface area contributed by atoms with Crippen molar-refractivity contribution in [2.45, 2.75) is 13.0 Å². The Morgan fingerprint density at radius 3 is 3.00 bits per heavy atom. The van der Waals surface area contributed by atoms with Crippen molar-refractivity contribution in [3.05, 3.63) is 45.9 Å². The van der Waals surface area contributed by atoms with E-state index in [0.29, 0.717) is 12.2 Å². The summed E-state index contributed by atoms with van der Waals surface area (Å²) in [7, 11) is 1.37. The third-order valence-corrected chi connectivity index (χ3v) is 3.71. The summed E-state index contributed by atoms with van der Waals surface area (Å²) in [5.41, 5.74) is 1.72. The molecule has 0 unspecified atom stereocenters. The van der Waals surface area contributed by atoms with E-state index in [1.54, 1.807) is 0 Å². The maximum Gasteiger partial charge on any atom is 0.311 e. The van der Waals surface area contributed by atoms with Crippen LogP contribution in [0.25, 0.3) is 0 Å². The number of thiazole rings is 1. The molecule has 0 aliphatic rings. The van der Waals surface area contributed by atoms with Gasteiger partial charge in [0.15, 0.2) is 5.13 Å². The number of benzene rings is 1. The van der Waals surface area contributed by atoms with Crippen LogP contribution in [-0.4, -0.2) is 18.1 Å². The summed E-state index contributed by atoms with van der Waals surface area (Å²) < 4.78 is 4.60. The molecule has 4 nitrogen and oxygen atoms in total. The normalized spacial score (nSPS) is 10.2. The van der Waals surface area contributed by atoms with Crippen molar-refractivity contribution in [1.82, 2.24) is 4.98 Å². The van der Waals surface area contributed by atoms with E-state index in [1.807, 2.05) is 29.6 Å². The minimum atomic E-state index is -0.289. The zero-order valence-corrected chi connectivity index (χ0v) is 11.9. The summed E-state index contributed by atoms with van der Waals surface area (Å²) in [6.07, 6.45) is 0.195. The SMILES string of the molecule is COC(=O)Cc1csc(NCc2ccccc2Cl)n1. The van der Waals surface area contributed by atoms with Crippen LogP contribution in [0.5, 0.6) is 0 Å². The number of anilines is 1. The number of ether oxygens (including phenoxy) is 1. The Kier molecular flexibility index (Phi) is 4.76. The second-order valence-electron chi connectivity index (χ2n) is 3.84. The quantitative estimate of drug-likeness (QED) is 0.861. The highest BCUT2D eigenvalue weighted by molar-refractivity contribution is 7.13. The van der Waals surface area contributed by atoms with E-state index in [1.165, 1.54) is 18.4 Å². The van der Waals surface area contributed by atoms with Gasteiger partial charge in [-0.15, -0.1) is 11.3 Å². The molecule has 1 aromatic carbocycles. The Balaban J connectivity index is 1.94. The van der Waals surface area contributed by atoms with Gasteiger partial charge in [-0.25, -0.2) is 4.98 Å². The van der Waals surface area contributed by atoms with Crippen molar-refractivity contribution in [1.29, 1.82) is 0 Å². The summed E-state index contributed by atoms with van der Waals surface area (Å²) in [5, 5.41) is 6.51. The number of hydrogen-bond donors (Lipinski definition) is 1.